The summed E-state index contributed by atoms with van der Waals surface area (Å²) in [5.41, 5.74) is 0.438. The molecule has 2 heterocycles. The smallest absolute Gasteiger partial charge is 0.270 e. The molecule has 7 heteroatoms. The Morgan fingerprint density at radius 1 is 1.16 bits per heavy atom. The summed E-state index contributed by atoms with van der Waals surface area (Å²) >= 11 is 0. The zero-order valence-corrected chi connectivity index (χ0v) is 14.9. The number of hydrogen-bond donors (Lipinski definition) is 2. The van der Waals surface area contributed by atoms with E-state index in [1.54, 1.807) is 6.07 Å². The number of carbonyl (C=O) groups is 1. The molecule has 0 aromatic carbocycles. The fraction of sp³-hybridized carbons (Fsp3) is 0.722. The van der Waals surface area contributed by atoms with Crippen LogP contribution in [0.15, 0.2) is 12.4 Å². The lowest BCUT2D eigenvalue weighted by Gasteiger charge is -2.26. The fourth-order valence-corrected chi connectivity index (χ4v) is 3.43. The lowest BCUT2D eigenvalue weighted by atomic mass is 10.1. The van der Waals surface area contributed by atoms with E-state index in [1.165, 1.54) is 32.0 Å². The molecule has 1 aliphatic heterocycles. The number of hydrogen-bond acceptors (Lipinski definition) is 6. The number of amides is 1. The Labute approximate surface area is 149 Å². The second-order valence-corrected chi connectivity index (χ2v) is 6.83. The van der Waals surface area contributed by atoms with Crippen molar-refractivity contribution in [3.63, 3.8) is 0 Å². The molecule has 138 valence electrons. The van der Waals surface area contributed by atoms with Crippen LogP contribution in [0.25, 0.3) is 0 Å². The molecule has 0 radical (unpaired) electrons. The van der Waals surface area contributed by atoms with Gasteiger partial charge in [0.1, 0.15) is 17.8 Å². The van der Waals surface area contributed by atoms with Crippen molar-refractivity contribution in [2.45, 2.75) is 44.6 Å². The standard InChI is InChI=1S/C18H29N5O2/c24-18(22-15-5-3-1-2-4-6-15)16-13-17(21-14-20-16)19-7-8-23-9-11-25-12-10-23/h13-15H,1-12H2,(H,22,24)(H,19,20,21). The second kappa shape index (κ2) is 9.68. The molecular formula is C18H29N5O2. The molecule has 0 atom stereocenters. The molecule has 1 saturated carbocycles. The monoisotopic (exact) mass is 347 g/mol. The van der Waals surface area contributed by atoms with Crippen molar-refractivity contribution in [1.29, 1.82) is 0 Å². The summed E-state index contributed by atoms with van der Waals surface area (Å²) < 4.78 is 5.35. The van der Waals surface area contributed by atoms with Gasteiger partial charge in [-0.2, -0.15) is 0 Å². The van der Waals surface area contributed by atoms with E-state index in [1.807, 2.05) is 0 Å². The van der Waals surface area contributed by atoms with Gasteiger partial charge in [0.25, 0.3) is 5.91 Å². The van der Waals surface area contributed by atoms with Crippen molar-refractivity contribution in [1.82, 2.24) is 20.2 Å². The molecule has 2 N–H and O–H groups in total. The van der Waals surface area contributed by atoms with Gasteiger partial charge in [-0.05, 0) is 12.8 Å². The van der Waals surface area contributed by atoms with E-state index >= 15 is 0 Å². The highest BCUT2D eigenvalue weighted by Crippen LogP contribution is 2.17. The first kappa shape index (κ1) is 18.1. The van der Waals surface area contributed by atoms with E-state index in [4.69, 9.17) is 4.74 Å². The Morgan fingerprint density at radius 3 is 2.68 bits per heavy atom. The zero-order valence-electron chi connectivity index (χ0n) is 14.9. The van der Waals surface area contributed by atoms with Gasteiger partial charge in [0.05, 0.1) is 13.2 Å². The van der Waals surface area contributed by atoms with Crippen LogP contribution in [0.3, 0.4) is 0 Å². The van der Waals surface area contributed by atoms with Gasteiger partial charge in [0.15, 0.2) is 0 Å². The number of rotatable bonds is 6. The molecule has 2 aliphatic rings. The maximum atomic E-state index is 12.4. The van der Waals surface area contributed by atoms with E-state index in [0.29, 0.717) is 11.5 Å². The predicted octanol–water partition coefficient (Wildman–Crippen LogP) is 1.67. The van der Waals surface area contributed by atoms with E-state index < -0.39 is 0 Å². The molecule has 7 nitrogen and oxygen atoms in total. The minimum absolute atomic E-state index is 0.0921. The maximum absolute atomic E-state index is 12.4. The van der Waals surface area contributed by atoms with Gasteiger partial charge >= 0.3 is 0 Å². The molecule has 1 aliphatic carbocycles. The van der Waals surface area contributed by atoms with Gasteiger partial charge in [-0.15, -0.1) is 0 Å². The fourth-order valence-electron chi connectivity index (χ4n) is 3.43. The Kier molecular flexibility index (Phi) is 6.99. The lowest BCUT2D eigenvalue weighted by Crippen LogP contribution is -2.39. The summed E-state index contributed by atoms with van der Waals surface area (Å²) in [7, 11) is 0. The molecule has 1 amide bonds. The highest BCUT2D eigenvalue weighted by Gasteiger charge is 2.17. The third kappa shape index (κ3) is 5.93. The van der Waals surface area contributed by atoms with Crippen LogP contribution in [0.1, 0.15) is 49.0 Å². The average Bonchev–Trinajstić information content (AvgIpc) is 2.91. The van der Waals surface area contributed by atoms with Crippen molar-refractivity contribution in [2.75, 3.05) is 44.7 Å². The van der Waals surface area contributed by atoms with Crippen molar-refractivity contribution in [3.05, 3.63) is 18.1 Å². The molecule has 1 aromatic heterocycles. The Balaban J connectivity index is 1.47. The van der Waals surface area contributed by atoms with Crippen molar-refractivity contribution < 1.29 is 9.53 Å². The SMILES string of the molecule is O=C(NC1CCCCCC1)c1cc(NCCN2CCOCC2)ncn1. The number of morpholine rings is 1. The van der Waals surface area contributed by atoms with E-state index in [9.17, 15) is 4.79 Å². The average molecular weight is 347 g/mol. The quantitative estimate of drug-likeness (QED) is 0.762. The maximum Gasteiger partial charge on any atom is 0.270 e. The number of nitrogens with zero attached hydrogens (tertiary/aromatic N) is 3. The summed E-state index contributed by atoms with van der Waals surface area (Å²) in [6.45, 7) is 5.29. The third-order valence-electron chi connectivity index (χ3n) is 4.93. The van der Waals surface area contributed by atoms with Gasteiger partial charge in [-0.25, -0.2) is 9.97 Å². The number of aromatic nitrogens is 2. The van der Waals surface area contributed by atoms with Gasteiger partial charge < -0.3 is 15.4 Å². The molecule has 2 fully saturated rings. The van der Waals surface area contributed by atoms with E-state index in [2.05, 4.69) is 25.5 Å². The summed E-state index contributed by atoms with van der Waals surface area (Å²) in [4.78, 5) is 23.2. The topological polar surface area (TPSA) is 79.4 Å². The molecule has 25 heavy (non-hydrogen) atoms. The summed E-state index contributed by atoms with van der Waals surface area (Å²) in [6.07, 6.45) is 8.54. The van der Waals surface area contributed by atoms with Crippen LogP contribution in [-0.2, 0) is 4.74 Å². The van der Waals surface area contributed by atoms with Gasteiger partial charge in [-0.1, -0.05) is 25.7 Å². The van der Waals surface area contributed by atoms with Crippen molar-refractivity contribution in [3.8, 4) is 0 Å². The molecular weight excluding hydrogens is 318 g/mol. The molecule has 0 spiro atoms. The van der Waals surface area contributed by atoms with Crippen LogP contribution in [0.4, 0.5) is 5.82 Å². The van der Waals surface area contributed by atoms with E-state index in [0.717, 1.165) is 52.2 Å². The predicted molar refractivity (Wildman–Crippen MR) is 96.7 cm³/mol. The zero-order chi connectivity index (χ0) is 17.3. The Bertz CT molecular complexity index is 540. The Hall–Kier alpha value is -1.73. The molecule has 3 rings (SSSR count). The van der Waals surface area contributed by atoms with Crippen molar-refractivity contribution in [2.24, 2.45) is 0 Å². The second-order valence-electron chi connectivity index (χ2n) is 6.83. The minimum Gasteiger partial charge on any atom is -0.379 e. The molecule has 0 bridgehead atoms. The highest BCUT2D eigenvalue weighted by molar-refractivity contribution is 5.93. The first-order chi connectivity index (χ1) is 12.3. The first-order valence-electron chi connectivity index (χ1n) is 9.48. The molecule has 0 unspecified atom stereocenters. The van der Waals surface area contributed by atoms with Crippen molar-refractivity contribution >= 4 is 11.7 Å². The minimum atomic E-state index is -0.0921. The summed E-state index contributed by atoms with van der Waals surface area (Å²) in [5.74, 6) is 0.611. The van der Waals surface area contributed by atoms with Crippen LogP contribution in [-0.4, -0.2) is 66.2 Å². The van der Waals surface area contributed by atoms with Gasteiger partial charge in [-0.3, -0.25) is 9.69 Å². The van der Waals surface area contributed by atoms with Crippen LogP contribution in [0.2, 0.25) is 0 Å². The summed E-state index contributed by atoms with van der Waals surface area (Å²) in [6, 6.07) is 2.02. The van der Waals surface area contributed by atoms with E-state index in [-0.39, 0.29) is 11.9 Å². The largest absolute Gasteiger partial charge is 0.379 e. The number of carbonyl (C=O) groups excluding carboxylic acids is 1. The number of anilines is 1. The first-order valence-corrected chi connectivity index (χ1v) is 9.48. The third-order valence-corrected chi connectivity index (χ3v) is 4.93. The van der Waals surface area contributed by atoms with Crippen LogP contribution < -0.4 is 10.6 Å². The van der Waals surface area contributed by atoms with Crippen LogP contribution in [0.5, 0.6) is 0 Å². The molecule has 1 saturated heterocycles. The number of nitrogens with one attached hydrogen (secondary N) is 2. The van der Waals surface area contributed by atoms with Gasteiger partial charge in [0, 0.05) is 38.3 Å². The number of ether oxygens (including phenoxy) is 1. The van der Waals surface area contributed by atoms with Gasteiger partial charge in [0.2, 0.25) is 0 Å². The molecule has 1 aromatic rings. The van der Waals surface area contributed by atoms with Crippen LogP contribution in [0, 0.1) is 0 Å². The summed E-state index contributed by atoms with van der Waals surface area (Å²) in [5, 5.41) is 6.42. The lowest BCUT2D eigenvalue weighted by molar-refractivity contribution is 0.0398. The highest BCUT2D eigenvalue weighted by atomic mass is 16.5. The Morgan fingerprint density at radius 2 is 1.92 bits per heavy atom. The van der Waals surface area contributed by atoms with Crippen LogP contribution >= 0.6 is 0 Å². The normalized spacial score (nSPS) is 20.0.